The quantitative estimate of drug-likeness (QED) is 0.641. The number of nitrogens with one attached hydrogen (secondary N) is 1. The predicted octanol–water partition coefficient (Wildman–Crippen LogP) is 3.57. The number of para-hydroxylation sites is 1. The maximum absolute atomic E-state index is 11.7. The SMILES string of the molecule is CS(=O)(=O)CC(=O)Nc1ccc(Oc2c(Br)cccc2Br)cc1N. The van der Waals surface area contributed by atoms with Gasteiger partial charge in [0.05, 0.1) is 20.3 Å². The van der Waals surface area contributed by atoms with Crippen molar-refractivity contribution in [2.75, 3.05) is 23.1 Å². The third-order valence-corrected chi connectivity index (χ3v) is 4.86. The molecule has 0 aliphatic heterocycles. The van der Waals surface area contributed by atoms with E-state index >= 15 is 0 Å². The minimum absolute atomic E-state index is 0.262. The molecule has 0 aliphatic rings. The van der Waals surface area contributed by atoms with Gasteiger partial charge in [0.15, 0.2) is 15.6 Å². The van der Waals surface area contributed by atoms with Gasteiger partial charge >= 0.3 is 0 Å². The van der Waals surface area contributed by atoms with Gasteiger partial charge in [-0.15, -0.1) is 0 Å². The molecule has 2 aromatic rings. The minimum atomic E-state index is -3.40. The maximum Gasteiger partial charge on any atom is 0.239 e. The van der Waals surface area contributed by atoms with Crippen molar-refractivity contribution >= 4 is 59.0 Å². The molecule has 0 heterocycles. The van der Waals surface area contributed by atoms with Crippen LogP contribution in [0.1, 0.15) is 0 Å². The van der Waals surface area contributed by atoms with Gasteiger partial charge in [0.2, 0.25) is 5.91 Å². The molecule has 0 saturated heterocycles. The fourth-order valence-electron chi connectivity index (χ4n) is 1.84. The van der Waals surface area contributed by atoms with Gasteiger partial charge in [-0.3, -0.25) is 4.79 Å². The zero-order chi connectivity index (χ0) is 17.9. The molecule has 3 N–H and O–H groups in total. The molecule has 0 bridgehead atoms. The Morgan fingerprint density at radius 2 is 1.83 bits per heavy atom. The van der Waals surface area contributed by atoms with Gasteiger partial charge in [-0.2, -0.15) is 0 Å². The average molecular weight is 478 g/mol. The number of carbonyl (C=O) groups excluding carboxylic acids is 1. The van der Waals surface area contributed by atoms with Crippen LogP contribution in [-0.2, 0) is 14.6 Å². The average Bonchev–Trinajstić information content (AvgIpc) is 2.44. The molecule has 128 valence electrons. The molecule has 0 atom stereocenters. The number of ether oxygens (including phenoxy) is 1. The molecule has 0 aliphatic carbocycles. The smallest absolute Gasteiger partial charge is 0.239 e. The van der Waals surface area contributed by atoms with Crippen LogP contribution < -0.4 is 15.8 Å². The van der Waals surface area contributed by atoms with E-state index < -0.39 is 21.5 Å². The highest BCUT2D eigenvalue weighted by Gasteiger charge is 2.13. The highest BCUT2D eigenvalue weighted by Crippen LogP contribution is 2.37. The summed E-state index contributed by atoms with van der Waals surface area (Å²) in [6.45, 7) is 0. The highest BCUT2D eigenvalue weighted by molar-refractivity contribution is 9.11. The zero-order valence-corrected chi connectivity index (χ0v) is 16.5. The number of carbonyl (C=O) groups is 1. The highest BCUT2D eigenvalue weighted by atomic mass is 79.9. The lowest BCUT2D eigenvalue weighted by Gasteiger charge is -2.12. The lowest BCUT2D eigenvalue weighted by atomic mass is 10.2. The summed E-state index contributed by atoms with van der Waals surface area (Å²) in [6.07, 6.45) is 0.989. The molecule has 2 rings (SSSR count). The first-order valence-electron chi connectivity index (χ1n) is 6.64. The first-order valence-corrected chi connectivity index (χ1v) is 10.3. The fourth-order valence-corrected chi connectivity index (χ4v) is 3.55. The number of anilines is 2. The first kappa shape index (κ1) is 18.8. The molecule has 24 heavy (non-hydrogen) atoms. The second kappa shape index (κ2) is 7.54. The lowest BCUT2D eigenvalue weighted by molar-refractivity contribution is -0.113. The zero-order valence-electron chi connectivity index (χ0n) is 12.5. The molecule has 0 unspecified atom stereocenters. The van der Waals surface area contributed by atoms with Crippen molar-refractivity contribution in [1.82, 2.24) is 0 Å². The molecule has 1 amide bonds. The summed E-state index contributed by atoms with van der Waals surface area (Å²) in [6, 6.07) is 10.2. The molecular formula is C15H14Br2N2O4S. The number of amides is 1. The Morgan fingerprint density at radius 3 is 2.38 bits per heavy atom. The van der Waals surface area contributed by atoms with Crippen LogP contribution in [-0.4, -0.2) is 26.3 Å². The van der Waals surface area contributed by atoms with E-state index in [1.165, 1.54) is 0 Å². The van der Waals surface area contributed by atoms with Crippen LogP contribution in [0.3, 0.4) is 0 Å². The standard InChI is InChI=1S/C15H14Br2N2O4S/c1-24(21,22)8-14(20)19-13-6-5-9(7-12(13)18)23-15-10(16)3-2-4-11(15)17/h2-7H,8,18H2,1H3,(H,19,20). The van der Waals surface area contributed by atoms with Crippen LogP contribution in [0.25, 0.3) is 0 Å². The van der Waals surface area contributed by atoms with E-state index in [0.29, 0.717) is 17.2 Å². The summed E-state index contributed by atoms with van der Waals surface area (Å²) in [5.41, 5.74) is 6.48. The molecule has 6 nitrogen and oxygen atoms in total. The third-order valence-electron chi connectivity index (χ3n) is 2.83. The Bertz CT molecular complexity index is 865. The second-order valence-corrected chi connectivity index (χ2v) is 8.87. The van der Waals surface area contributed by atoms with E-state index in [9.17, 15) is 13.2 Å². The van der Waals surface area contributed by atoms with Crippen LogP contribution in [0.4, 0.5) is 11.4 Å². The number of nitrogens with two attached hydrogens (primary N) is 1. The molecule has 0 spiro atoms. The van der Waals surface area contributed by atoms with Crippen molar-refractivity contribution in [3.63, 3.8) is 0 Å². The van der Waals surface area contributed by atoms with Gasteiger partial charge in [-0.1, -0.05) is 6.07 Å². The van der Waals surface area contributed by atoms with E-state index in [-0.39, 0.29) is 5.69 Å². The maximum atomic E-state index is 11.7. The van der Waals surface area contributed by atoms with E-state index in [1.807, 2.05) is 18.2 Å². The minimum Gasteiger partial charge on any atom is -0.455 e. The van der Waals surface area contributed by atoms with Gasteiger partial charge in [0, 0.05) is 12.3 Å². The van der Waals surface area contributed by atoms with Gasteiger partial charge in [0.1, 0.15) is 11.5 Å². The summed E-state index contributed by atoms with van der Waals surface area (Å²) in [7, 11) is -3.40. The molecule has 9 heteroatoms. The number of halogens is 2. The Morgan fingerprint density at radius 1 is 1.21 bits per heavy atom. The number of hydrogen-bond donors (Lipinski definition) is 2. The molecule has 0 fully saturated rings. The Labute approximate surface area is 156 Å². The van der Waals surface area contributed by atoms with E-state index in [0.717, 1.165) is 15.2 Å². The number of sulfone groups is 1. The Kier molecular flexibility index (Phi) is 5.89. The van der Waals surface area contributed by atoms with Crippen LogP contribution in [0, 0.1) is 0 Å². The van der Waals surface area contributed by atoms with Crippen LogP contribution in [0.2, 0.25) is 0 Å². The predicted molar refractivity (Wildman–Crippen MR) is 101 cm³/mol. The van der Waals surface area contributed by atoms with Gasteiger partial charge in [0.25, 0.3) is 0 Å². The summed E-state index contributed by atoms with van der Waals surface area (Å²) in [4.78, 5) is 11.7. The summed E-state index contributed by atoms with van der Waals surface area (Å²) < 4.78 is 29.5. The van der Waals surface area contributed by atoms with Gasteiger partial charge < -0.3 is 15.8 Å². The van der Waals surface area contributed by atoms with Crippen molar-refractivity contribution in [2.45, 2.75) is 0 Å². The Balaban J connectivity index is 2.17. The van der Waals surface area contributed by atoms with E-state index in [4.69, 9.17) is 10.5 Å². The van der Waals surface area contributed by atoms with Crippen molar-refractivity contribution in [3.05, 3.63) is 45.3 Å². The number of hydrogen-bond acceptors (Lipinski definition) is 5. The van der Waals surface area contributed by atoms with Crippen LogP contribution in [0.5, 0.6) is 11.5 Å². The van der Waals surface area contributed by atoms with Gasteiger partial charge in [-0.05, 0) is 56.1 Å². The topological polar surface area (TPSA) is 98.5 Å². The van der Waals surface area contributed by atoms with Crippen molar-refractivity contribution in [3.8, 4) is 11.5 Å². The van der Waals surface area contributed by atoms with Crippen molar-refractivity contribution < 1.29 is 17.9 Å². The monoisotopic (exact) mass is 476 g/mol. The first-order chi connectivity index (χ1) is 11.2. The summed E-state index contributed by atoms with van der Waals surface area (Å²) in [5.74, 6) is -0.187. The van der Waals surface area contributed by atoms with E-state index in [1.54, 1.807) is 18.2 Å². The Hall–Kier alpha value is -1.58. The molecular weight excluding hydrogens is 464 g/mol. The lowest BCUT2D eigenvalue weighted by Crippen LogP contribution is -2.22. The molecule has 0 aromatic heterocycles. The van der Waals surface area contributed by atoms with Crippen molar-refractivity contribution in [2.24, 2.45) is 0 Å². The molecule has 0 saturated carbocycles. The fraction of sp³-hybridized carbons (Fsp3) is 0.133. The van der Waals surface area contributed by atoms with Crippen LogP contribution in [0.15, 0.2) is 45.3 Å². The number of nitrogen functional groups attached to an aromatic ring is 1. The molecule has 2 aromatic carbocycles. The second-order valence-electron chi connectivity index (χ2n) is 5.02. The number of rotatable bonds is 5. The van der Waals surface area contributed by atoms with Crippen molar-refractivity contribution in [1.29, 1.82) is 0 Å². The molecule has 0 radical (unpaired) electrons. The van der Waals surface area contributed by atoms with E-state index in [2.05, 4.69) is 37.2 Å². The largest absolute Gasteiger partial charge is 0.455 e. The van der Waals surface area contributed by atoms with Crippen LogP contribution >= 0.6 is 31.9 Å². The summed E-state index contributed by atoms with van der Waals surface area (Å²) >= 11 is 6.80. The van der Waals surface area contributed by atoms with Gasteiger partial charge in [-0.25, -0.2) is 8.42 Å². The normalized spacial score (nSPS) is 11.1. The third kappa shape index (κ3) is 5.22. The number of benzene rings is 2. The summed E-state index contributed by atoms with van der Waals surface area (Å²) in [5, 5.41) is 2.46.